The molecule has 0 fully saturated rings. The summed E-state index contributed by atoms with van der Waals surface area (Å²) in [7, 11) is 11.9. The average molecular weight is 747 g/mol. The van der Waals surface area contributed by atoms with Crippen LogP contribution in [0.4, 0.5) is 0 Å². The Labute approximate surface area is 248 Å². The van der Waals surface area contributed by atoms with Gasteiger partial charge in [0, 0.05) is 13.1 Å². The molecule has 0 radical (unpaired) electrons. The van der Waals surface area contributed by atoms with Crippen LogP contribution >= 0.6 is 25.3 Å². The molecule has 4 rings (SSSR count). The topological polar surface area (TPSA) is 6.48 Å². The molecule has 0 saturated heterocycles. The summed E-state index contributed by atoms with van der Waals surface area (Å²) in [6, 6.07) is 43.8. The number of hydrogen-bond acceptors (Lipinski definition) is 2. The minimum atomic E-state index is -0.637. The second-order valence-corrected chi connectivity index (χ2v) is 14.8. The van der Waals surface area contributed by atoms with E-state index in [4.69, 9.17) is 0 Å². The Morgan fingerprint density at radius 3 is 0.842 bits per heavy atom. The van der Waals surface area contributed by atoms with Crippen LogP contribution in [-0.4, -0.2) is 63.4 Å². The van der Waals surface area contributed by atoms with Crippen molar-refractivity contribution >= 4 is 46.5 Å². The van der Waals surface area contributed by atoms with Crippen LogP contribution in [0.25, 0.3) is 0 Å². The normalized spacial score (nSPS) is 10.7. The fourth-order valence-electron chi connectivity index (χ4n) is 4.14. The predicted molar refractivity (Wildman–Crippen MR) is 174 cm³/mol. The van der Waals surface area contributed by atoms with E-state index in [9.17, 15) is 0 Å². The molecular formula is C32H42ClN2P2Pt+3. The number of benzene rings is 4. The summed E-state index contributed by atoms with van der Waals surface area (Å²) >= 11 is 1.61. The van der Waals surface area contributed by atoms with Gasteiger partial charge in [-0.05, 0) is 76.7 Å². The van der Waals surface area contributed by atoms with Crippen LogP contribution in [0.3, 0.4) is 0 Å². The molecule has 0 aromatic heterocycles. The number of rotatable bonds is 10. The van der Waals surface area contributed by atoms with Gasteiger partial charge < -0.3 is 9.80 Å². The molecule has 0 bridgehead atoms. The van der Waals surface area contributed by atoms with Gasteiger partial charge in [-0.1, -0.05) is 72.8 Å². The summed E-state index contributed by atoms with van der Waals surface area (Å²) in [6.07, 6.45) is 2.51. The quantitative estimate of drug-likeness (QED) is 0.198. The summed E-state index contributed by atoms with van der Waals surface area (Å²) in [5, 5.41) is 6.04. The molecule has 6 heteroatoms. The van der Waals surface area contributed by atoms with Crippen LogP contribution in [0, 0.1) is 0 Å². The molecule has 0 aliphatic heterocycles. The molecule has 0 aliphatic carbocycles. The first-order chi connectivity index (χ1) is 18.5. The van der Waals surface area contributed by atoms with Crippen molar-refractivity contribution in [2.24, 2.45) is 0 Å². The molecule has 4 aromatic carbocycles. The van der Waals surface area contributed by atoms with Crippen LogP contribution in [0.5, 0.6) is 0 Å². The summed E-state index contributed by atoms with van der Waals surface area (Å²) in [6.45, 7) is 2.30. The van der Waals surface area contributed by atoms with Gasteiger partial charge >= 0.3 is 28.2 Å². The Hall–Kier alpha value is -1.36. The van der Waals surface area contributed by atoms with E-state index in [0.29, 0.717) is 0 Å². The zero-order chi connectivity index (χ0) is 27.6. The molecule has 2 nitrogen and oxygen atoms in total. The van der Waals surface area contributed by atoms with E-state index in [1.807, 2.05) is 0 Å². The van der Waals surface area contributed by atoms with Gasteiger partial charge in [0.2, 0.25) is 0 Å². The molecule has 0 atom stereocenters. The molecule has 0 saturated carbocycles. The summed E-state index contributed by atoms with van der Waals surface area (Å²) in [5.41, 5.74) is 0. The van der Waals surface area contributed by atoms with E-state index in [0.717, 1.165) is 13.1 Å². The van der Waals surface area contributed by atoms with Crippen LogP contribution in [0.2, 0.25) is 0 Å². The third-order valence-electron chi connectivity index (χ3n) is 6.11. The SMILES string of the molecule is CN(C)CC[PH+](c1ccccc1)c1ccccc1.CN(C)CC[PH+](c1ccccc1)c1ccccc1.[Cl][Pt+]. The maximum atomic E-state index is 4.61. The molecule has 0 unspecified atom stereocenters. The van der Waals surface area contributed by atoms with Crippen molar-refractivity contribution in [3.8, 4) is 0 Å². The summed E-state index contributed by atoms with van der Waals surface area (Å²) in [4.78, 5) is 4.55. The van der Waals surface area contributed by atoms with Gasteiger partial charge in [0.1, 0.15) is 0 Å². The van der Waals surface area contributed by atoms with E-state index in [1.54, 1.807) is 18.8 Å². The van der Waals surface area contributed by atoms with Crippen LogP contribution in [0.15, 0.2) is 121 Å². The first-order valence-electron chi connectivity index (χ1n) is 12.9. The molecule has 4 aromatic rings. The second-order valence-electron chi connectivity index (χ2n) is 9.53. The average Bonchev–Trinajstić information content (AvgIpc) is 2.97. The first kappa shape index (κ1) is 32.8. The van der Waals surface area contributed by atoms with Gasteiger partial charge in [-0.3, -0.25) is 0 Å². The fourth-order valence-corrected chi connectivity index (χ4v) is 9.68. The predicted octanol–water partition coefficient (Wildman–Crippen LogP) is 5.51. The van der Waals surface area contributed by atoms with Gasteiger partial charge in [-0.25, -0.2) is 0 Å². The molecule has 0 spiro atoms. The van der Waals surface area contributed by atoms with Crippen LogP contribution in [0.1, 0.15) is 0 Å². The standard InChI is InChI=1S/2C16H20NP.ClH.Pt/c2*1-17(2)13-14-18(15-9-5-3-6-10-15)16-11-7-4-8-12-16;;/h2*3-12H,13-14H2,1-2H3;1H;/q;;;+2/p+1. The minimum absolute atomic E-state index is 0.637. The van der Waals surface area contributed by atoms with Crippen LogP contribution in [-0.2, 0) is 18.8 Å². The van der Waals surface area contributed by atoms with E-state index >= 15 is 0 Å². The Kier molecular flexibility index (Phi) is 17.0. The number of halogens is 1. The third-order valence-corrected chi connectivity index (χ3v) is 11.7. The Balaban J connectivity index is 0.000000251. The van der Waals surface area contributed by atoms with Gasteiger partial charge in [0.25, 0.3) is 0 Å². The monoisotopic (exact) mass is 746 g/mol. The molecule has 38 heavy (non-hydrogen) atoms. The van der Waals surface area contributed by atoms with Crippen molar-refractivity contribution in [2.75, 3.05) is 53.6 Å². The molecule has 0 N–H and O–H groups in total. The number of nitrogens with zero attached hydrogens (tertiary/aromatic N) is 2. The van der Waals surface area contributed by atoms with E-state index in [1.165, 1.54) is 33.5 Å². The van der Waals surface area contributed by atoms with Crippen molar-refractivity contribution in [2.45, 2.75) is 0 Å². The van der Waals surface area contributed by atoms with Crippen molar-refractivity contribution in [1.82, 2.24) is 9.80 Å². The number of hydrogen-bond donors (Lipinski definition) is 0. The zero-order valence-electron chi connectivity index (χ0n) is 23.0. The van der Waals surface area contributed by atoms with Crippen molar-refractivity contribution in [3.63, 3.8) is 0 Å². The van der Waals surface area contributed by atoms with Crippen molar-refractivity contribution in [3.05, 3.63) is 121 Å². The van der Waals surface area contributed by atoms with Gasteiger partial charge in [0.15, 0.2) is 0 Å². The second kappa shape index (κ2) is 19.7. The zero-order valence-corrected chi connectivity index (χ0v) is 28.0. The van der Waals surface area contributed by atoms with Gasteiger partial charge in [-0.15, -0.1) is 0 Å². The van der Waals surface area contributed by atoms with Crippen LogP contribution < -0.4 is 21.2 Å². The Morgan fingerprint density at radius 2 is 0.658 bits per heavy atom. The molecule has 0 heterocycles. The van der Waals surface area contributed by atoms with E-state index < -0.39 is 15.8 Å². The van der Waals surface area contributed by atoms with Gasteiger partial charge in [-0.2, -0.15) is 0 Å². The Morgan fingerprint density at radius 1 is 0.447 bits per heavy atom. The summed E-state index contributed by atoms with van der Waals surface area (Å²) < 4.78 is 0. The van der Waals surface area contributed by atoms with Crippen molar-refractivity contribution < 1.29 is 18.8 Å². The fraction of sp³-hybridized carbons (Fsp3) is 0.250. The molecular weight excluding hydrogens is 705 g/mol. The van der Waals surface area contributed by atoms with Crippen molar-refractivity contribution in [1.29, 1.82) is 0 Å². The van der Waals surface area contributed by atoms with E-state index in [2.05, 4.69) is 169 Å². The molecule has 204 valence electrons. The third kappa shape index (κ3) is 12.2. The maximum absolute atomic E-state index is 4.61. The summed E-state index contributed by atoms with van der Waals surface area (Å²) in [5.74, 6) is 0. The first-order valence-corrected chi connectivity index (χ1v) is 19.1. The van der Waals surface area contributed by atoms with E-state index in [-0.39, 0.29) is 0 Å². The Bertz CT molecular complexity index is 931. The molecule has 0 aliphatic rings. The van der Waals surface area contributed by atoms with Gasteiger partial charge in [0.05, 0.1) is 49.4 Å². The molecule has 0 amide bonds.